The van der Waals surface area contributed by atoms with Gasteiger partial charge in [0, 0.05) is 40.0 Å². The number of aromatic nitrogens is 4. The van der Waals surface area contributed by atoms with Crippen molar-refractivity contribution < 1.29 is 4.79 Å². The monoisotopic (exact) mass is 260 g/mol. The number of nitrogens with zero attached hydrogens (tertiary/aromatic N) is 5. The van der Waals surface area contributed by atoms with Crippen molar-refractivity contribution in [3.05, 3.63) is 24.2 Å². The maximum Gasteiger partial charge on any atom is 0.290 e. The SMILES string of the molecule is CN(C)C(=O)c1nc(-c2ccc(N(C)C)nc2)n[nH]1. The molecule has 7 nitrogen and oxygen atoms in total. The summed E-state index contributed by atoms with van der Waals surface area (Å²) in [6.45, 7) is 0. The van der Waals surface area contributed by atoms with Crippen molar-refractivity contribution in [1.82, 2.24) is 25.1 Å². The fraction of sp³-hybridized carbons (Fsp3) is 0.333. The number of hydrogen-bond donors (Lipinski definition) is 1. The van der Waals surface area contributed by atoms with Gasteiger partial charge in [-0.05, 0) is 12.1 Å². The van der Waals surface area contributed by atoms with Crippen LogP contribution < -0.4 is 4.90 Å². The number of rotatable bonds is 3. The summed E-state index contributed by atoms with van der Waals surface area (Å²) in [6, 6.07) is 3.74. The summed E-state index contributed by atoms with van der Waals surface area (Å²) in [4.78, 5) is 23.5. The molecule has 7 heteroatoms. The van der Waals surface area contributed by atoms with E-state index < -0.39 is 0 Å². The minimum absolute atomic E-state index is 0.211. The van der Waals surface area contributed by atoms with Crippen LogP contribution in [0.25, 0.3) is 11.4 Å². The summed E-state index contributed by atoms with van der Waals surface area (Å²) < 4.78 is 0. The van der Waals surface area contributed by atoms with Gasteiger partial charge >= 0.3 is 0 Å². The largest absolute Gasteiger partial charge is 0.363 e. The highest BCUT2D eigenvalue weighted by atomic mass is 16.2. The molecule has 0 aliphatic carbocycles. The van der Waals surface area contributed by atoms with Crippen molar-refractivity contribution in [1.29, 1.82) is 0 Å². The summed E-state index contributed by atoms with van der Waals surface area (Å²) in [6.07, 6.45) is 1.68. The fourth-order valence-electron chi connectivity index (χ4n) is 1.48. The second-order valence-corrected chi connectivity index (χ2v) is 4.51. The lowest BCUT2D eigenvalue weighted by atomic mass is 10.2. The highest BCUT2D eigenvalue weighted by molar-refractivity contribution is 5.90. The lowest BCUT2D eigenvalue weighted by molar-refractivity contribution is 0.0816. The number of carbonyl (C=O) groups is 1. The van der Waals surface area contributed by atoms with E-state index in [0.717, 1.165) is 11.4 Å². The Hall–Kier alpha value is -2.44. The summed E-state index contributed by atoms with van der Waals surface area (Å²) >= 11 is 0. The molecule has 0 unspecified atom stereocenters. The van der Waals surface area contributed by atoms with Gasteiger partial charge in [0.1, 0.15) is 5.82 Å². The van der Waals surface area contributed by atoms with Crippen LogP contribution in [0, 0.1) is 0 Å². The van der Waals surface area contributed by atoms with Gasteiger partial charge in [0.2, 0.25) is 5.82 Å². The average Bonchev–Trinajstić information content (AvgIpc) is 2.87. The minimum atomic E-state index is -0.211. The van der Waals surface area contributed by atoms with E-state index >= 15 is 0 Å². The molecule has 2 rings (SSSR count). The highest BCUT2D eigenvalue weighted by Crippen LogP contribution is 2.16. The summed E-state index contributed by atoms with van der Waals surface area (Å²) in [5.74, 6) is 1.32. The maximum absolute atomic E-state index is 11.7. The van der Waals surface area contributed by atoms with Crippen molar-refractivity contribution in [3.63, 3.8) is 0 Å². The second-order valence-electron chi connectivity index (χ2n) is 4.51. The predicted octanol–water partition coefficient (Wildman–Crippen LogP) is 0.634. The van der Waals surface area contributed by atoms with Crippen molar-refractivity contribution >= 4 is 11.7 Å². The molecule has 19 heavy (non-hydrogen) atoms. The molecular weight excluding hydrogens is 244 g/mol. The van der Waals surface area contributed by atoms with E-state index in [0.29, 0.717) is 5.82 Å². The number of anilines is 1. The van der Waals surface area contributed by atoms with Crippen LogP contribution in [0.3, 0.4) is 0 Å². The fourth-order valence-corrected chi connectivity index (χ4v) is 1.48. The van der Waals surface area contributed by atoms with Crippen LogP contribution in [0.5, 0.6) is 0 Å². The van der Waals surface area contributed by atoms with Crippen molar-refractivity contribution in [2.75, 3.05) is 33.1 Å². The Labute approximate surface area is 111 Å². The molecule has 0 radical (unpaired) electrons. The van der Waals surface area contributed by atoms with Gasteiger partial charge in [0.15, 0.2) is 5.82 Å². The van der Waals surface area contributed by atoms with Crippen molar-refractivity contribution in [2.24, 2.45) is 0 Å². The topological polar surface area (TPSA) is 78.0 Å². The highest BCUT2D eigenvalue weighted by Gasteiger charge is 2.14. The van der Waals surface area contributed by atoms with E-state index in [4.69, 9.17) is 0 Å². The summed E-state index contributed by atoms with van der Waals surface area (Å²) in [7, 11) is 7.17. The quantitative estimate of drug-likeness (QED) is 0.876. The van der Waals surface area contributed by atoms with E-state index in [1.165, 1.54) is 4.90 Å². The third-order valence-electron chi connectivity index (χ3n) is 2.56. The van der Waals surface area contributed by atoms with Crippen LogP contribution in [-0.2, 0) is 0 Å². The van der Waals surface area contributed by atoms with Crippen molar-refractivity contribution in [2.45, 2.75) is 0 Å². The molecule has 0 bridgehead atoms. The summed E-state index contributed by atoms with van der Waals surface area (Å²) in [5, 5.41) is 6.66. The number of pyridine rings is 1. The van der Waals surface area contributed by atoms with E-state index in [1.54, 1.807) is 20.3 Å². The first-order chi connectivity index (χ1) is 8.99. The van der Waals surface area contributed by atoms with Gasteiger partial charge in [0.25, 0.3) is 5.91 Å². The van der Waals surface area contributed by atoms with Gasteiger partial charge in [-0.15, -0.1) is 0 Å². The molecule has 0 spiro atoms. The molecule has 0 fully saturated rings. The Morgan fingerprint density at radius 1 is 1.21 bits per heavy atom. The Morgan fingerprint density at radius 3 is 2.47 bits per heavy atom. The van der Waals surface area contributed by atoms with Crippen molar-refractivity contribution in [3.8, 4) is 11.4 Å². The molecule has 0 saturated heterocycles. The standard InChI is InChI=1S/C12H16N6O/c1-17(2)9-6-5-8(7-13-9)10-14-11(16-15-10)12(19)18(3)4/h5-7H,1-4H3,(H,14,15,16). The Bertz CT molecular complexity index is 572. The molecule has 0 aliphatic heterocycles. The first-order valence-electron chi connectivity index (χ1n) is 5.77. The van der Waals surface area contributed by atoms with E-state index in [1.807, 2.05) is 31.1 Å². The summed E-state index contributed by atoms with van der Waals surface area (Å²) in [5.41, 5.74) is 0.764. The van der Waals surface area contributed by atoms with Crippen LogP contribution in [0.2, 0.25) is 0 Å². The number of aromatic amines is 1. The minimum Gasteiger partial charge on any atom is -0.363 e. The molecule has 0 atom stereocenters. The van der Waals surface area contributed by atoms with Gasteiger partial charge < -0.3 is 9.80 Å². The Kier molecular flexibility index (Phi) is 3.46. The number of nitrogens with one attached hydrogen (secondary N) is 1. The van der Waals surface area contributed by atoms with Crippen LogP contribution in [0.4, 0.5) is 5.82 Å². The maximum atomic E-state index is 11.7. The van der Waals surface area contributed by atoms with Gasteiger partial charge in [-0.2, -0.15) is 5.10 Å². The second kappa shape index (κ2) is 5.05. The molecule has 2 aromatic heterocycles. The Balaban J connectivity index is 2.25. The third kappa shape index (κ3) is 2.70. The number of H-pyrrole nitrogens is 1. The van der Waals surface area contributed by atoms with Crippen LogP contribution in [-0.4, -0.2) is 59.2 Å². The van der Waals surface area contributed by atoms with Crippen LogP contribution in [0.1, 0.15) is 10.6 Å². The van der Waals surface area contributed by atoms with Gasteiger partial charge in [-0.25, -0.2) is 9.97 Å². The third-order valence-corrected chi connectivity index (χ3v) is 2.56. The van der Waals surface area contributed by atoms with Crippen LogP contribution >= 0.6 is 0 Å². The lowest BCUT2D eigenvalue weighted by Gasteiger charge is -2.10. The first-order valence-corrected chi connectivity index (χ1v) is 5.77. The zero-order valence-electron chi connectivity index (χ0n) is 11.4. The van der Waals surface area contributed by atoms with E-state index in [-0.39, 0.29) is 11.7 Å². The molecule has 1 amide bonds. The van der Waals surface area contributed by atoms with E-state index in [9.17, 15) is 4.79 Å². The predicted molar refractivity (Wildman–Crippen MR) is 72.0 cm³/mol. The van der Waals surface area contributed by atoms with Gasteiger partial charge in [-0.3, -0.25) is 9.89 Å². The zero-order chi connectivity index (χ0) is 14.0. The molecule has 2 heterocycles. The number of hydrogen-bond acceptors (Lipinski definition) is 5. The molecule has 100 valence electrons. The first kappa shape index (κ1) is 13.0. The molecule has 0 aromatic carbocycles. The number of carbonyl (C=O) groups excluding carboxylic acids is 1. The van der Waals surface area contributed by atoms with Gasteiger partial charge in [-0.1, -0.05) is 0 Å². The molecule has 1 N–H and O–H groups in total. The van der Waals surface area contributed by atoms with Gasteiger partial charge in [0.05, 0.1) is 0 Å². The zero-order valence-corrected chi connectivity index (χ0v) is 11.4. The Morgan fingerprint density at radius 2 is 1.95 bits per heavy atom. The lowest BCUT2D eigenvalue weighted by Crippen LogP contribution is -2.22. The number of amides is 1. The molecule has 0 aliphatic rings. The normalized spacial score (nSPS) is 10.3. The molecular formula is C12H16N6O. The van der Waals surface area contributed by atoms with E-state index in [2.05, 4.69) is 20.2 Å². The molecule has 2 aromatic rings. The molecule has 0 saturated carbocycles. The smallest absolute Gasteiger partial charge is 0.290 e. The van der Waals surface area contributed by atoms with Crippen LogP contribution in [0.15, 0.2) is 18.3 Å². The average molecular weight is 260 g/mol.